The number of aromatic nitrogens is 3. The van der Waals surface area contributed by atoms with E-state index < -0.39 is 17.7 Å². The third-order valence-electron chi connectivity index (χ3n) is 6.22. The highest BCUT2D eigenvalue weighted by Gasteiger charge is 2.29. The van der Waals surface area contributed by atoms with Gasteiger partial charge < -0.3 is 28.8 Å². The molecular formula is C26H32ClN5O5. The average molecular weight is 530 g/mol. The number of hydrogen-bond donors (Lipinski definition) is 1. The number of pyridine rings is 1. The van der Waals surface area contributed by atoms with Gasteiger partial charge in [-0.15, -0.1) is 0 Å². The number of esters is 1. The number of imidazole rings is 1. The second kappa shape index (κ2) is 10.5. The molecule has 1 N–H and O–H groups in total. The van der Waals surface area contributed by atoms with Crippen molar-refractivity contribution in [2.75, 3.05) is 25.1 Å². The maximum atomic E-state index is 13.5. The van der Waals surface area contributed by atoms with Crippen molar-refractivity contribution in [1.82, 2.24) is 19.4 Å². The molecule has 2 aromatic heterocycles. The number of methoxy groups -OCH3 is 1. The van der Waals surface area contributed by atoms with Crippen LogP contribution in [-0.2, 0) is 23.1 Å². The van der Waals surface area contributed by atoms with Crippen molar-refractivity contribution in [2.24, 2.45) is 7.05 Å². The number of amides is 1. The Kier molecular flexibility index (Phi) is 7.49. The highest BCUT2D eigenvalue weighted by molar-refractivity contribution is 6.31. The van der Waals surface area contributed by atoms with Gasteiger partial charge in [0.05, 0.1) is 19.2 Å². The van der Waals surface area contributed by atoms with E-state index in [2.05, 4.69) is 5.32 Å². The summed E-state index contributed by atoms with van der Waals surface area (Å²) in [7, 11) is 2.80. The Labute approximate surface area is 220 Å². The SMILES string of the molecule is COC(=O)c1cc2nc(N3CCC[C@@H](NC(=O)OC(C)(C)C)C3)n(Cc3ccccc3Cl)c2c(=O)n1C. The zero-order valence-corrected chi connectivity index (χ0v) is 22.5. The highest BCUT2D eigenvalue weighted by atomic mass is 35.5. The smallest absolute Gasteiger partial charge is 0.407 e. The summed E-state index contributed by atoms with van der Waals surface area (Å²) in [4.78, 5) is 45.0. The fourth-order valence-electron chi connectivity index (χ4n) is 4.52. The molecule has 37 heavy (non-hydrogen) atoms. The normalized spacial score (nSPS) is 16.1. The molecule has 1 amide bonds. The lowest BCUT2D eigenvalue weighted by Crippen LogP contribution is -2.49. The highest BCUT2D eigenvalue weighted by Crippen LogP contribution is 2.27. The monoisotopic (exact) mass is 529 g/mol. The average Bonchev–Trinajstić information content (AvgIpc) is 3.19. The molecular weight excluding hydrogens is 498 g/mol. The van der Waals surface area contributed by atoms with Gasteiger partial charge in [-0.1, -0.05) is 29.8 Å². The molecule has 1 atom stereocenters. The number of benzene rings is 1. The molecule has 3 heterocycles. The minimum Gasteiger partial charge on any atom is -0.464 e. The number of ether oxygens (including phenoxy) is 2. The summed E-state index contributed by atoms with van der Waals surface area (Å²) in [6, 6.07) is 8.83. The molecule has 0 aliphatic carbocycles. The van der Waals surface area contributed by atoms with Crippen LogP contribution in [0.25, 0.3) is 11.0 Å². The lowest BCUT2D eigenvalue weighted by molar-refractivity contribution is 0.0498. The van der Waals surface area contributed by atoms with Crippen molar-refractivity contribution in [3.8, 4) is 0 Å². The van der Waals surface area contributed by atoms with Crippen molar-refractivity contribution >= 4 is 40.6 Å². The minimum atomic E-state index is -0.622. The van der Waals surface area contributed by atoms with Gasteiger partial charge in [0.1, 0.15) is 16.8 Å². The number of hydrogen-bond acceptors (Lipinski definition) is 7. The molecule has 1 aromatic carbocycles. The molecule has 198 valence electrons. The number of halogens is 1. The molecule has 1 aliphatic rings. The maximum absolute atomic E-state index is 13.5. The first kappa shape index (κ1) is 26.5. The second-order valence-electron chi connectivity index (χ2n) is 10.1. The molecule has 10 nitrogen and oxygen atoms in total. The van der Waals surface area contributed by atoms with Crippen LogP contribution in [0.1, 0.15) is 49.7 Å². The van der Waals surface area contributed by atoms with Crippen LogP contribution in [0.4, 0.5) is 10.7 Å². The summed E-state index contributed by atoms with van der Waals surface area (Å²) >= 11 is 6.47. The van der Waals surface area contributed by atoms with Gasteiger partial charge in [0.15, 0.2) is 0 Å². The van der Waals surface area contributed by atoms with Crippen molar-refractivity contribution in [2.45, 2.75) is 51.8 Å². The molecule has 3 aromatic rings. The fraction of sp³-hybridized carbons (Fsp3) is 0.462. The van der Waals surface area contributed by atoms with Crippen LogP contribution in [0.2, 0.25) is 5.02 Å². The van der Waals surface area contributed by atoms with Crippen LogP contribution in [0.15, 0.2) is 35.1 Å². The van der Waals surface area contributed by atoms with Crippen LogP contribution in [-0.4, -0.2) is 58.0 Å². The van der Waals surface area contributed by atoms with Gasteiger partial charge in [0, 0.05) is 31.2 Å². The summed E-state index contributed by atoms with van der Waals surface area (Å²) in [5, 5.41) is 3.52. The van der Waals surface area contributed by atoms with Crippen molar-refractivity contribution in [1.29, 1.82) is 0 Å². The van der Waals surface area contributed by atoms with Gasteiger partial charge in [0.2, 0.25) is 5.95 Å². The topological polar surface area (TPSA) is 108 Å². The standard InChI is InChI=1S/C26H32ClN5O5/c1-26(2,3)37-25(35)28-17-10-8-12-31(15-17)24-29-19-13-20(23(34)36-5)30(4)22(33)21(19)32(24)14-16-9-6-7-11-18(16)27/h6-7,9,11,13,17H,8,10,12,14-15H2,1-5H3,(H,28,35)/t17-/m1/s1. The summed E-state index contributed by atoms with van der Waals surface area (Å²) in [5.41, 5.74) is 0.698. The predicted octanol–water partition coefficient (Wildman–Crippen LogP) is 3.72. The van der Waals surface area contributed by atoms with E-state index in [9.17, 15) is 14.4 Å². The van der Waals surface area contributed by atoms with E-state index in [0.29, 0.717) is 41.6 Å². The Hall–Kier alpha value is -3.53. The first-order chi connectivity index (χ1) is 17.5. The van der Waals surface area contributed by atoms with E-state index in [1.54, 1.807) is 12.1 Å². The van der Waals surface area contributed by atoms with E-state index in [1.165, 1.54) is 18.7 Å². The maximum Gasteiger partial charge on any atom is 0.407 e. The number of carbonyl (C=O) groups is 2. The van der Waals surface area contributed by atoms with E-state index in [-0.39, 0.29) is 17.3 Å². The zero-order chi connectivity index (χ0) is 26.9. The number of nitrogens with one attached hydrogen (secondary N) is 1. The van der Waals surface area contributed by atoms with E-state index in [0.717, 1.165) is 18.4 Å². The van der Waals surface area contributed by atoms with Gasteiger partial charge >= 0.3 is 12.1 Å². The second-order valence-corrected chi connectivity index (χ2v) is 10.5. The van der Waals surface area contributed by atoms with E-state index in [4.69, 9.17) is 26.1 Å². The molecule has 1 fully saturated rings. The number of rotatable bonds is 5. The zero-order valence-electron chi connectivity index (χ0n) is 21.7. The summed E-state index contributed by atoms with van der Waals surface area (Å²) in [6.45, 7) is 6.93. The van der Waals surface area contributed by atoms with Crippen LogP contribution in [0.3, 0.4) is 0 Å². The van der Waals surface area contributed by atoms with E-state index >= 15 is 0 Å². The largest absolute Gasteiger partial charge is 0.464 e. The number of nitrogens with zero attached hydrogens (tertiary/aromatic N) is 4. The number of piperidine rings is 1. The van der Waals surface area contributed by atoms with Crippen LogP contribution < -0.4 is 15.8 Å². The van der Waals surface area contributed by atoms with Gasteiger partial charge in [-0.2, -0.15) is 0 Å². The van der Waals surface area contributed by atoms with Crippen LogP contribution in [0, 0.1) is 0 Å². The predicted molar refractivity (Wildman–Crippen MR) is 141 cm³/mol. The number of carbonyl (C=O) groups excluding carboxylic acids is 2. The van der Waals surface area contributed by atoms with Gasteiger partial charge in [-0.05, 0) is 51.3 Å². The summed E-state index contributed by atoms with van der Waals surface area (Å²) < 4.78 is 13.4. The molecule has 0 radical (unpaired) electrons. The van der Waals surface area contributed by atoms with Crippen molar-refractivity contribution < 1.29 is 19.1 Å². The first-order valence-electron chi connectivity index (χ1n) is 12.1. The lowest BCUT2D eigenvalue weighted by atomic mass is 10.1. The molecule has 1 saturated heterocycles. The number of alkyl carbamates (subject to hydrolysis) is 1. The molecule has 0 saturated carbocycles. The number of anilines is 1. The Balaban J connectivity index is 1.77. The summed E-state index contributed by atoms with van der Waals surface area (Å²) in [6.07, 6.45) is 1.12. The molecule has 11 heteroatoms. The number of fused-ring (bicyclic) bond motifs is 1. The Morgan fingerprint density at radius 2 is 1.97 bits per heavy atom. The fourth-order valence-corrected chi connectivity index (χ4v) is 4.71. The van der Waals surface area contributed by atoms with Crippen molar-refractivity contribution in [3.63, 3.8) is 0 Å². The quantitative estimate of drug-likeness (QED) is 0.502. The van der Waals surface area contributed by atoms with Gasteiger partial charge in [-0.3, -0.25) is 4.79 Å². The van der Waals surface area contributed by atoms with Gasteiger partial charge in [0.25, 0.3) is 5.56 Å². The third kappa shape index (κ3) is 5.74. The van der Waals surface area contributed by atoms with E-state index in [1.807, 2.05) is 48.4 Å². The molecule has 4 rings (SSSR count). The van der Waals surface area contributed by atoms with Crippen molar-refractivity contribution in [3.05, 3.63) is 57.0 Å². The molecule has 0 spiro atoms. The lowest BCUT2D eigenvalue weighted by Gasteiger charge is -2.34. The Morgan fingerprint density at radius 3 is 2.65 bits per heavy atom. The Morgan fingerprint density at radius 1 is 1.24 bits per heavy atom. The van der Waals surface area contributed by atoms with Crippen LogP contribution >= 0.6 is 11.6 Å². The first-order valence-corrected chi connectivity index (χ1v) is 12.5. The Bertz CT molecular complexity index is 1390. The molecule has 0 unspecified atom stereocenters. The minimum absolute atomic E-state index is 0.108. The summed E-state index contributed by atoms with van der Waals surface area (Å²) in [5.74, 6) is -0.0620. The van der Waals surface area contributed by atoms with Crippen LogP contribution in [0.5, 0.6) is 0 Å². The molecule has 1 aliphatic heterocycles. The molecule has 0 bridgehead atoms. The third-order valence-corrected chi connectivity index (χ3v) is 6.59. The van der Waals surface area contributed by atoms with Gasteiger partial charge in [-0.25, -0.2) is 14.6 Å².